The number of hydrogen-bond donors (Lipinski definition) is 1. The summed E-state index contributed by atoms with van der Waals surface area (Å²) < 4.78 is 6.07. The van der Waals surface area contributed by atoms with Crippen LogP contribution in [0.25, 0.3) is 0 Å². The number of nitrogens with two attached hydrogens (primary N) is 1. The third-order valence-corrected chi connectivity index (χ3v) is 5.69. The van der Waals surface area contributed by atoms with E-state index in [0.29, 0.717) is 16.7 Å². The Bertz CT molecular complexity index is 254. The summed E-state index contributed by atoms with van der Waals surface area (Å²) in [6.07, 6.45) is 3.76. The Morgan fingerprint density at radius 1 is 1.44 bits per heavy atom. The first-order valence-corrected chi connectivity index (χ1v) is 8.27. The van der Waals surface area contributed by atoms with E-state index in [1.807, 2.05) is 0 Å². The minimum absolute atomic E-state index is 0.428. The van der Waals surface area contributed by atoms with Crippen LogP contribution >= 0.6 is 11.8 Å². The van der Waals surface area contributed by atoms with Gasteiger partial charge in [-0.3, -0.25) is 4.90 Å². The smallest absolute Gasteiger partial charge is 0.0509 e. The fourth-order valence-electron chi connectivity index (χ4n) is 3.08. The van der Waals surface area contributed by atoms with Crippen molar-refractivity contribution in [2.75, 3.05) is 38.6 Å². The standard InChI is InChI=1S/C14H28N2OS/c1-14(2)5-6-16(7-9-18-14)13(10-15)12-4-3-8-17-11-12/h12-13H,3-11,15H2,1-2H3. The average molecular weight is 272 g/mol. The highest BCUT2D eigenvalue weighted by molar-refractivity contribution is 8.00. The van der Waals surface area contributed by atoms with Gasteiger partial charge in [-0.25, -0.2) is 0 Å². The Balaban J connectivity index is 1.94. The van der Waals surface area contributed by atoms with E-state index in [0.717, 1.165) is 19.8 Å². The minimum Gasteiger partial charge on any atom is -0.381 e. The Kier molecular flexibility index (Phi) is 5.36. The third-order valence-electron chi connectivity index (χ3n) is 4.32. The zero-order valence-corrected chi connectivity index (χ0v) is 12.7. The largest absolute Gasteiger partial charge is 0.381 e. The molecule has 0 spiro atoms. The summed E-state index contributed by atoms with van der Waals surface area (Å²) in [4.78, 5) is 2.63. The molecule has 2 aliphatic heterocycles. The van der Waals surface area contributed by atoms with Gasteiger partial charge in [0.05, 0.1) is 6.61 Å². The van der Waals surface area contributed by atoms with E-state index in [-0.39, 0.29) is 0 Å². The Morgan fingerprint density at radius 3 is 2.94 bits per heavy atom. The van der Waals surface area contributed by atoms with E-state index in [1.165, 1.54) is 38.1 Å². The minimum atomic E-state index is 0.428. The summed E-state index contributed by atoms with van der Waals surface area (Å²) in [7, 11) is 0. The van der Waals surface area contributed by atoms with Gasteiger partial charge < -0.3 is 10.5 Å². The number of ether oxygens (including phenoxy) is 1. The number of thioether (sulfide) groups is 1. The highest BCUT2D eigenvalue weighted by atomic mass is 32.2. The van der Waals surface area contributed by atoms with Gasteiger partial charge in [-0.05, 0) is 31.7 Å². The average Bonchev–Trinajstić information content (AvgIpc) is 2.54. The molecule has 0 saturated carbocycles. The van der Waals surface area contributed by atoms with Crippen LogP contribution in [0.5, 0.6) is 0 Å². The molecule has 0 bridgehead atoms. The van der Waals surface area contributed by atoms with Gasteiger partial charge in [0.25, 0.3) is 0 Å². The van der Waals surface area contributed by atoms with E-state index in [9.17, 15) is 0 Å². The van der Waals surface area contributed by atoms with Crippen molar-refractivity contribution in [3.05, 3.63) is 0 Å². The van der Waals surface area contributed by atoms with Gasteiger partial charge in [-0.15, -0.1) is 0 Å². The molecule has 0 radical (unpaired) electrons. The van der Waals surface area contributed by atoms with Crippen LogP contribution in [0, 0.1) is 5.92 Å². The van der Waals surface area contributed by atoms with Crippen molar-refractivity contribution in [2.24, 2.45) is 11.7 Å². The van der Waals surface area contributed by atoms with Crippen molar-refractivity contribution in [3.63, 3.8) is 0 Å². The SMILES string of the molecule is CC1(C)CCN(C(CN)C2CCCOC2)CCS1. The molecule has 0 aromatic rings. The van der Waals surface area contributed by atoms with Crippen molar-refractivity contribution >= 4 is 11.8 Å². The molecule has 2 N–H and O–H groups in total. The maximum atomic E-state index is 6.05. The van der Waals surface area contributed by atoms with Crippen LogP contribution in [0.1, 0.15) is 33.1 Å². The second kappa shape index (κ2) is 6.60. The molecule has 0 aromatic heterocycles. The van der Waals surface area contributed by atoms with Crippen molar-refractivity contribution in [3.8, 4) is 0 Å². The van der Waals surface area contributed by atoms with Crippen molar-refractivity contribution < 1.29 is 4.74 Å². The molecule has 2 unspecified atom stereocenters. The molecular weight excluding hydrogens is 244 g/mol. The van der Waals surface area contributed by atoms with Crippen molar-refractivity contribution in [1.82, 2.24) is 4.90 Å². The van der Waals surface area contributed by atoms with Crippen LogP contribution in [0.3, 0.4) is 0 Å². The summed E-state index contributed by atoms with van der Waals surface area (Å²) in [5.41, 5.74) is 6.05. The van der Waals surface area contributed by atoms with Gasteiger partial charge in [0, 0.05) is 36.2 Å². The number of rotatable bonds is 3. The summed E-state index contributed by atoms with van der Waals surface area (Å²) >= 11 is 2.11. The predicted molar refractivity (Wildman–Crippen MR) is 79.1 cm³/mol. The molecule has 4 heteroatoms. The van der Waals surface area contributed by atoms with E-state index in [2.05, 4.69) is 30.5 Å². The van der Waals surface area contributed by atoms with Crippen LogP contribution < -0.4 is 5.73 Å². The predicted octanol–water partition coefficient (Wildman–Crippen LogP) is 1.96. The summed E-state index contributed by atoms with van der Waals surface area (Å²) in [6.45, 7) is 9.74. The lowest BCUT2D eigenvalue weighted by atomic mass is 9.92. The third kappa shape index (κ3) is 3.86. The van der Waals surface area contributed by atoms with Crippen molar-refractivity contribution in [2.45, 2.75) is 43.9 Å². The normalized spacial score (nSPS) is 31.8. The first kappa shape index (κ1) is 14.6. The van der Waals surface area contributed by atoms with Crippen LogP contribution in [0.4, 0.5) is 0 Å². The van der Waals surface area contributed by atoms with Gasteiger partial charge in [0.15, 0.2) is 0 Å². The van der Waals surface area contributed by atoms with Gasteiger partial charge in [0.2, 0.25) is 0 Å². The van der Waals surface area contributed by atoms with E-state index >= 15 is 0 Å². The Labute approximate surface area is 116 Å². The molecule has 0 aromatic carbocycles. The molecule has 0 aliphatic carbocycles. The van der Waals surface area contributed by atoms with Gasteiger partial charge in [0.1, 0.15) is 0 Å². The van der Waals surface area contributed by atoms with Crippen molar-refractivity contribution in [1.29, 1.82) is 0 Å². The van der Waals surface area contributed by atoms with Gasteiger partial charge in [-0.2, -0.15) is 11.8 Å². The Hall–Kier alpha value is 0.230. The molecule has 2 fully saturated rings. The van der Waals surface area contributed by atoms with Crippen LogP contribution in [-0.2, 0) is 4.74 Å². The second-order valence-corrected chi connectivity index (χ2v) is 7.98. The highest BCUT2D eigenvalue weighted by Crippen LogP contribution is 2.32. The fraction of sp³-hybridized carbons (Fsp3) is 1.00. The van der Waals surface area contributed by atoms with Gasteiger partial charge in [-0.1, -0.05) is 13.8 Å². The van der Waals surface area contributed by atoms with Gasteiger partial charge >= 0.3 is 0 Å². The zero-order chi connectivity index (χ0) is 13.0. The molecule has 2 aliphatic rings. The second-order valence-electron chi connectivity index (χ2n) is 6.17. The topological polar surface area (TPSA) is 38.5 Å². The first-order valence-electron chi connectivity index (χ1n) is 7.28. The quantitative estimate of drug-likeness (QED) is 0.852. The maximum Gasteiger partial charge on any atom is 0.0509 e. The molecule has 2 heterocycles. The molecule has 3 nitrogen and oxygen atoms in total. The summed E-state index contributed by atoms with van der Waals surface area (Å²) in [5.74, 6) is 1.88. The molecule has 2 saturated heterocycles. The molecule has 0 amide bonds. The summed E-state index contributed by atoms with van der Waals surface area (Å²) in [5, 5.41) is 0. The Morgan fingerprint density at radius 2 is 2.28 bits per heavy atom. The van der Waals surface area contributed by atoms with Crippen LogP contribution in [-0.4, -0.2) is 54.3 Å². The molecule has 2 rings (SSSR count). The summed E-state index contributed by atoms with van der Waals surface area (Å²) in [6, 6.07) is 0.528. The molecule has 2 atom stereocenters. The van der Waals surface area contributed by atoms with Crippen LogP contribution in [0.15, 0.2) is 0 Å². The maximum absolute atomic E-state index is 6.05. The molecule has 106 valence electrons. The first-order chi connectivity index (χ1) is 8.62. The fourth-order valence-corrected chi connectivity index (χ4v) is 4.19. The van der Waals surface area contributed by atoms with E-state index < -0.39 is 0 Å². The monoisotopic (exact) mass is 272 g/mol. The molecule has 18 heavy (non-hydrogen) atoms. The lowest BCUT2D eigenvalue weighted by Crippen LogP contribution is -2.49. The molecular formula is C14H28N2OS. The lowest BCUT2D eigenvalue weighted by Gasteiger charge is -2.37. The zero-order valence-electron chi connectivity index (χ0n) is 11.9. The number of hydrogen-bond acceptors (Lipinski definition) is 4. The van der Waals surface area contributed by atoms with E-state index in [1.54, 1.807) is 0 Å². The lowest BCUT2D eigenvalue weighted by molar-refractivity contribution is 0.0124. The highest BCUT2D eigenvalue weighted by Gasteiger charge is 2.31. The van der Waals surface area contributed by atoms with E-state index in [4.69, 9.17) is 10.5 Å². The number of nitrogens with zero attached hydrogens (tertiary/aromatic N) is 1. The van der Waals surface area contributed by atoms with Crippen LogP contribution in [0.2, 0.25) is 0 Å².